The quantitative estimate of drug-likeness (QED) is 0.442. The summed E-state index contributed by atoms with van der Waals surface area (Å²) in [5.41, 5.74) is -4.00. The van der Waals surface area contributed by atoms with Crippen molar-refractivity contribution in [3.05, 3.63) is 0 Å². The molecular formula is C6H8N4O2. The van der Waals surface area contributed by atoms with Crippen LogP contribution in [0.4, 0.5) is 0 Å². The summed E-state index contributed by atoms with van der Waals surface area (Å²) >= 11 is 0. The van der Waals surface area contributed by atoms with Crippen LogP contribution in [0.2, 0.25) is 0 Å². The summed E-state index contributed by atoms with van der Waals surface area (Å²) < 4.78 is 0. The zero-order chi connectivity index (χ0) is 9.83. The van der Waals surface area contributed by atoms with Crippen LogP contribution >= 0.6 is 0 Å². The average molecular weight is 168 g/mol. The molecule has 0 aliphatic heterocycles. The summed E-state index contributed by atoms with van der Waals surface area (Å²) in [7, 11) is 0. The highest BCUT2D eigenvalue weighted by Crippen LogP contribution is 2.09. The second-order valence-electron chi connectivity index (χ2n) is 2.47. The van der Waals surface area contributed by atoms with Gasteiger partial charge in [-0.25, -0.2) is 0 Å². The third-order valence-electron chi connectivity index (χ3n) is 0.863. The van der Waals surface area contributed by atoms with E-state index < -0.39 is 11.4 Å². The van der Waals surface area contributed by atoms with Gasteiger partial charge in [-0.2, -0.15) is 10.5 Å². The Bertz CT molecular complexity index is 240. The Morgan fingerprint density at radius 3 is 1.42 bits per heavy atom. The van der Waals surface area contributed by atoms with Crippen molar-refractivity contribution in [1.82, 2.24) is 0 Å². The first-order valence-electron chi connectivity index (χ1n) is 3.04. The van der Waals surface area contributed by atoms with Crippen LogP contribution in [0, 0.1) is 22.7 Å². The van der Waals surface area contributed by atoms with Gasteiger partial charge in [0.25, 0.3) is 11.4 Å². The van der Waals surface area contributed by atoms with E-state index in [0.717, 1.165) is 13.8 Å². The molecule has 0 aromatic carbocycles. The molecule has 0 amide bonds. The van der Waals surface area contributed by atoms with Crippen LogP contribution in [0.3, 0.4) is 0 Å². The lowest BCUT2D eigenvalue weighted by molar-refractivity contribution is 0.0827. The number of hydrogen-bond acceptors (Lipinski definition) is 6. The molecule has 0 radical (unpaired) electrons. The fraction of sp³-hybridized carbons (Fsp3) is 0.667. The Morgan fingerprint density at radius 1 is 1.00 bits per heavy atom. The Morgan fingerprint density at radius 2 is 1.25 bits per heavy atom. The minimum absolute atomic E-state index is 1.09. The van der Waals surface area contributed by atoms with Gasteiger partial charge in [0, 0.05) is 13.8 Å². The van der Waals surface area contributed by atoms with Gasteiger partial charge >= 0.3 is 0 Å². The zero-order valence-electron chi connectivity index (χ0n) is 6.68. The van der Waals surface area contributed by atoms with E-state index in [9.17, 15) is 0 Å². The van der Waals surface area contributed by atoms with Crippen LogP contribution < -0.4 is 0 Å². The number of nitriles is 2. The molecule has 0 aliphatic carbocycles. The highest BCUT2D eigenvalue weighted by Gasteiger charge is 2.22. The largest absolute Gasteiger partial charge is 0.357 e. The number of hydrogen-bond donors (Lipinski definition) is 2. The number of rotatable bonds is 2. The van der Waals surface area contributed by atoms with E-state index in [0.29, 0.717) is 0 Å². The molecule has 2 unspecified atom stereocenters. The maximum absolute atomic E-state index is 8.94. The Balaban J connectivity index is 4.50. The summed E-state index contributed by atoms with van der Waals surface area (Å²) in [5, 5.41) is 40.5. The van der Waals surface area contributed by atoms with Gasteiger partial charge in [-0.15, -0.1) is 10.2 Å². The van der Waals surface area contributed by atoms with Crippen molar-refractivity contribution in [2.45, 2.75) is 25.3 Å². The number of azo groups is 1. The molecule has 0 aromatic rings. The fourth-order valence-electron chi connectivity index (χ4n) is 0.239. The summed E-state index contributed by atoms with van der Waals surface area (Å²) in [6.45, 7) is 2.17. The van der Waals surface area contributed by atoms with E-state index in [2.05, 4.69) is 10.2 Å². The van der Waals surface area contributed by atoms with Crippen LogP contribution in [-0.2, 0) is 0 Å². The Hall–Kier alpha value is -1.50. The zero-order valence-corrected chi connectivity index (χ0v) is 6.68. The van der Waals surface area contributed by atoms with Crippen LogP contribution in [0.15, 0.2) is 10.2 Å². The van der Waals surface area contributed by atoms with Crippen LogP contribution in [-0.4, -0.2) is 21.7 Å². The molecule has 64 valence electrons. The lowest BCUT2D eigenvalue weighted by Crippen LogP contribution is -2.22. The van der Waals surface area contributed by atoms with Crippen molar-refractivity contribution < 1.29 is 10.2 Å². The van der Waals surface area contributed by atoms with Crippen molar-refractivity contribution in [3.8, 4) is 12.1 Å². The Kier molecular flexibility index (Phi) is 2.86. The predicted molar refractivity (Wildman–Crippen MR) is 37.3 cm³/mol. The molecule has 0 saturated heterocycles. The first-order valence-corrected chi connectivity index (χ1v) is 3.04. The second-order valence-corrected chi connectivity index (χ2v) is 2.47. The molecule has 0 saturated carbocycles. The molecule has 0 fully saturated rings. The molecule has 2 N–H and O–H groups in total. The lowest BCUT2D eigenvalue weighted by atomic mass is 10.3. The number of aliphatic hydroxyl groups is 2. The standard InChI is InChI=1S/C6H8N4O2/c1-5(11,3-7)9-10-6(2,12)4-8/h11-12H,1-2H3. The maximum atomic E-state index is 8.94. The maximum Gasteiger partial charge on any atom is 0.261 e. The minimum atomic E-state index is -2.00. The van der Waals surface area contributed by atoms with Gasteiger partial charge in [-0.3, -0.25) is 0 Å². The lowest BCUT2D eigenvalue weighted by Gasteiger charge is -2.09. The van der Waals surface area contributed by atoms with Gasteiger partial charge in [0.2, 0.25) is 0 Å². The van der Waals surface area contributed by atoms with Gasteiger partial charge in [0.1, 0.15) is 12.1 Å². The predicted octanol–water partition coefficient (Wildman–Crippen LogP) is -0.0972. The van der Waals surface area contributed by atoms with E-state index in [1.54, 1.807) is 0 Å². The Labute approximate surface area is 69.4 Å². The summed E-state index contributed by atoms with van der Waals surface area (Å²) in [4.78, 5) is 0. The molecule has 0 aromatic heterocycles. The summed E-state index contributed by atoms with van der Waals surface area (Å²) in [6.07, 6.45) is 0. The molecule has 2 atom stereocenters. The van der Waals surface area contributed by atoms with Gasteiger partial charge in [-0.1, -0.05) is 0 Å². The van der Waals surface area contributed by atoms with E-state index in [1.165, 1.54) is 12.1 Å². The van der Waals surface area contributed by atoms with Gasteiger partial charge < -0.3 is 10.2 Å². The molecule has 6 nitrogen and oxygen atoms in total. The molecule has 0 heterocycles. The highest BCUT2D eigenvalue weighted by molar-refractivity contribution is 4.97. The molecule has 0 spiro atoms. The molecule has 0 bridgehead atoms. The topological polar surface area (TPSA) is 113 Å². The normalized spacial score (nSPS) is 20.5. The first kappa shape index (κ1) is 10.5. The molecule has 6 heteroatoms. The summed E-state index contributed by atoms with van der Waals surface area (Å²) in [6, 6.07) is 2.83. The summed E-state index contributed by atoms with van der Waals surface area (Å²) in [5.74, 6) is 0. The van der Waals surface area contributed by atoms with E-state index in [-0.39, 0.29) is 0 Å². The van der Waals surface area contributed by atoms with E-state index in [4.69, 9.17) is 20.7 Å². The van der Waals surface area contributed by atoms with E-state index in [1.807, 2.05) is 0 Å². The number of nitrogens with zero attached hydrogens (tertiary/aromatic N) is 4. The van der Waals surface area contributed by atoms with Gasteiger partial charge in [0.05, 0.1) is 0 Å². The molecule has 12 heavy (non-hydrogen) atoms. The molecule has 0 aliphatic rings. The third kappa shape index (κ3) is 3.62. The van der Waals surface area contributed by atoms with Crippen molar-refractivity contribution in [2.24, 2.45) is 10.2 Å². The minimum Gasteiger partial charge on any atom is -0.357 e. The van der Waals surface area contributed by atoms with Crippen molar-refractivity contribution >= 4 is 0 Å². The van der Waals surface area contributed by atoms with Crippen molar-refractivity contribution in [3.63, 3.8) is 0 Å². The second kappa shape index (κ2) is 3.26. The monoisotopic (exact) mass is 168 g/mol. The van der Waals surface area contributed by atoms with Crippen LogP contribution in [0.25, 0.3) is 0 Å². The highest BCUT2D eigenvalue weighted by atomic mass is 16.3. The van der Waals surface area contributed by atoms with Crippen molar-refractivity contribution in [2.75, 3.05) is 0 Å². The SMILES string of the molecule is CC(O)(C#N)N=NC(C)(O)C#N. The van der Waals surface area contributed by atoms with Gasteiger partial charge in [-0.05, 0) is 0 Å². The first-order chi connectivity index (χ1) is 5.33. The average Bonchev–Trinajstić information content (AvgIpc) is 2.02. The molecular weight excluding hydrogens is 160 g/mol. The third-order valence-corrected chi connectivity index (χ3v) is 0.863. The van der Waals surface area contributed by atoms with Crippen LogP contribution in [0.5, 0.6) is 0 Å². The van der Waals surface area contributed by atoms with Crippen LogP contribution in [0.1, 0.15) is 13.8 Å². The van der Waals surface area contributed by atoms with Crippen molar-refractivity contribution in [1.29, 1.82) is 10.5 Å². The van der Waals surface area contributed by atoms with E-state index >= 15 is 0 Å². The van der Waals surface area contributed by atoms with Gasteiger partial charge in [0.15, 0.2) is 0 Å². The fourth-order valence-corrected chi connectivity index (χ4v) is 0.239. The smallest absolute Gasteiger partial charge is 0.261 e. The molecule has 0 rings (SSSR count).